The van der Waals surface area contributed by atoms with Gasteiger partial charge in [0.15, 0.2) is 0 Å². The SMILES string of the molecule is CCN1CCc2cccc(C#N)c21. The molecule has 0 aromatic heterocycles. The molecule has 0 amide bonds. The maximum absolute atomic E-state index is 8.94. The molecule has 13 heavy (non-hydrogen) atoms. The van der Waals surface area contributed by atoms with Crippen LogP contribution >= 0.6 is 0 Å². The van der Waals surface area contributed by atoms with E-state index in [1.54, 1.807) is 0 Å². The van der Waals surface area contributed by atoms with E-state index in [4.69, 9.17) is 5.26 Å². The van der Waals surface area contributed by atoms with Gasteiger partial charge in [-0.05, 0) is 25.0 Å². The predicted molar refractivity (Wildman–Crippen MR) is 52.7 cm³/mol. The molecule has 0 aliphatic carbocycles. The van der Waals surface area contributed by atoms with Crippen molar-refractivity contribution in [2.75, 3.05) is 18.0 Å². The fourth-order valence-electron chi connectivity index (χ4n) is 1.94. The molecule has 1 aliphatic heterocycles. The van der Waals surface area contributed by atoms with Gasteiger partial charge in [-0.25, -0.2) is 0 Å². The summed E-state index contributed by atoms with van der Waals surface area (Å²) in [6.45, 7) is 4.18. The van der Waals surface area contributed by atoms with Crippen molar-refractivity contribution in [3.05, 3.63) is 29.3 Å². The van der Waals surface area contributed by atoms with E-state index in [-0.39, 0.29) is 0 Å². The molecule has 1 aliphatic rings. The van der Waals surface area contributed by atoms with Crippen molar-refractivity contribution >= 4 is 5.69 Å². The average molecular weight is 172 g/mol. The highest BCUT2D eigenvalue weighted by Gasteiger charge is 2.20. The number of anilines is 1. The first-order valence-corrected chi connectivity index (χ1v) is 4.63. The van der Waals surface area contributed by atoms with Crippen LogP contribution in [0.3, 0.4) is 0 Å². The predicted octanol–water partition coefficient (Wildman–Crippen LogP) is 1.94. The van der Waals surface area contributed by atoms with Crippen molar-refractivity contribution in [3.8, 4) is 6.07 Å². The van der Waals surface area contributed by atoms with Crippen LogP contribution in [-0.4, -0.2) is 13.1 Å². The molecule has 0 fully saturated rings. The van der Waals surface area contributed by atoms with Crippen LogP contribution in [0, 0.1) is 11.3 Å². The van der Waals surface area contributed by atoms with Crippen molar-refractivity contribution in [2.45, 2.75) is 13.3 Å². The lowest BCUT2D eigenvalue weighted by Crippen LogP contribution is -2.19. The second-order valence-electron chi connectivity index (χ2n) is 3.25. The van der Waals surface area contributed by atoms with Crippen molar-refractivity contribution < 1.29 is 0 Å². The summed E-state index contributed by atoms with van der Waals surface area (Å²) in [5.41, 5.74) is 3.30. The van der Waals surface area contributed by atoms with Crippen LogP contribution in [0.15, 0.2) is 18.2 Å². The molecule has 2 nitrogen and oxygen atoms in total. The van der Waals surface area contributed by atoms with Gasteiger partial charge >= 0.3 is 0 Å². The number of benzene rings is 1. The molecule has 0 bridgehead atoms. The van der Waals surface area contributed by atoms with Gasteiger partial charge in [-0.15, -0.1) is 0 Å². The molecule has 0 atom stereocenters. The summed E-state index contributed by atoms with van der Waals surface area (Å²) in [7, 11) is 0. The highest BCUT2D eigenvalue weighted by atomic mass is 15.1. The molecular weight excluding hydrogens is 160 g/mol. The van der Waals surface area contributed by atoms with E-state index in [1.807, 2.05) is 12.1 Å². The van der Waals surface area contributed by atoms with Crippen molar-refractivity contribution in [3.63, 3.8) is 0 Å². The van der Waals surface area contributed by atoms with E-state index >= 15 is 0 Å². The Hall–Kier alpha value is -1.49. The molecule has 1 aromatic carbocycles. The topological polar surface area (TPSA) is 27.0 Å². The molecule has 0 radical (unpaired) electrons. The molecule has 0 saturated carbocycles. The second kappa shape index (κ2) is 3.10. The number of nitrogens with zero attached hydrogens (tertiary/aromatic N) is 2. The van der Waals surface area contributed by atoms with Crippen LogP contribution in [0.2, 0.25) is 0 Å². The van der Waals surface area contributed by atoms with Crippen molar-refractivity contribution in [1.29, 1.82) is 5.26 Å². The van der Waals surface area contributed by atoms with Crippen molar-refractivity contribution in [1.82, 2.24) is 0 Å². The Labute approximate surface area is 78.4 Å². The van der Waals surface area contributed by atoms with E-state index in [0.29, 0.717) is 0 Å². The van der Waals surface area contributed by atoms with Crippen LogP contribution in [0.1, 0.15) is 18.1 Å². The van der Waals surface area contributed by atoms with Gasteiger partial charge in [-0.3, -0.25) is 0 Å². The Morgan fingerprint density at radius 1 is 1.54 bits per heavy atom. The molecule has 1 aromatic rings. The van der Waals surface area contributed by atoms with Crippen LogP contribution in [0.4, 0.5) is 5.69 Å². The quantitative estimate of drug-likeness (QED) is 0.647. The van der Waals surface area contributed by atoms with E-state index in [9.17, 15) is 0 Å². The van der Waals surface area contributed by atoms with Gasteiger partial charge in [0, 0.05) is 13.1 Å². The molecule has 66 valence electrons. The minimum atomic E-state index is 0.817. The summed E-state index contributed by atoms with van der Waals surface area (Å²) in [5, 5.41) is 8.94. The standard InChI is InChI=1S/C11H12N2/c1-2-13-7-6-9-4-3-5-10(8-12)11(9)13/h3-5H,2,6-7H2,1H3. The lowest BCUT2D eigenvalue weighted by atomic mass is 10.1. The van der Waals surface area contributed by atoms with Crippen LogP contribution in [0.25, 0.3) is 0 Å². The summed E-state index contributed by atoms with van der Waals surface area (Å²) in [5.74, 6) is 0. The van der Waals surface area contributed by atoms with Gasteiger partial charge in [0.25, 0.3) is 0 Å². The minimum Gasteiger partial charge on any atom is -0.370 e. The average Bonchev–Trinajstić information content (AvgIpc) is 2.60. The van der Waals surface area contributed by atoms with Crippen molar-refractivity contribution in [2.24, 2.45) is 0 Å². The minimum absolute atomic E-state index is 0.817. The summed E-state index contributed by atoms with van der Waals surface area (Å²) >= 11 is 0. The summed E-state index contributed by atoms with van der Waals surface area (Å²) < 4.78 is 0. The summed E-state index contributed by atoms with van der Waals surface area (Å²) in [6, 6.07) is 8.23. The Balaban J connectivity index is 2.54. The number of likely N-dealkylation sites (N-methyl/N-ethyl adjacent to an activating group) is 1. The highest BCUT2D eigenvalue weighted by Crippen LogP contribution is 2.30. The summed E-state index contributed by atoms with van der Waals surface area (Å²) in [4.78, 5) is 2.27. The normalized spacial score (nSPS) is 14.0. The molecule has 0 saturated heterocycles. The molecular formula is C11H12N2. The van der Waals surface area contributed by atoms with E-state index in [2.05, 4.69) is 24.0 Å². The Bertz CT molecular complexity index is 363. The molecule has 0 unspecified atom stereocenters. The van der Waals surface area contributed by atoms with Gasteiger partial charge < -0.3 is 4.90 Å². The lowest BCUT2D eigenvalue weighted by molar-refractivity contribution is 0.867. The van der Waals surface area contributed by atoms with E-state index < -0.39 is 0 Å². The fourth-order valence-corrected chi connectivity index (χ4v) is 1.94. The Kier molecular flexibility index (Phi) is 1.94. The van der Waals surface area contributed by atoms with E-state index in [0.717, 1.165) is 30.8 Å². The highest BCUT2D eigenvalue weighted by molar-refractivity contribution is 5.67. The van der Waals surface area contributed by atoms with E-state index in [1.165, 1.54) is 5.56 Å². The third-order valence-electron chi connectivity index (χ3n) is 2.59. The number of nitriles is 1. The monoisotopic (exact) mass is 172 g/mol. The molecule has 0 N–H and O–H groups in total. The smallest absolute Gasteiger partial charge is 0.101 e. The summed E-state index contributed by atoms with van der Waals surface area (Å²) in [6.07, 6.45) is 1.08. The molecule has 1 heterocycles. The zero-order chi connectivity index (χ0) is 9.26. The van der Waals surface area contributed by atoms with Gasteiger partial charge in [-0.2, -0.15) is 5.26 Å². The first-order chi connectivity index (χ1) is 6.36. The van der Waals surface area contributed by atoms with Crippen LogP contribution < -0.4 is 4.90 Å². The largest absolute Gasteiger partial charge is 0.370 e. The number of para-hydroxylation sites is 1. The zero-order valence-corrected chi connectivity index (χ0v) is 7.75. The number of fused-ring (bicyclic) bond motifs is 1. The number of hydrogen-bond donors (Lipinski definition) is 0. The van der Waals surface area contributed by atoms with Gasteiger partial charge in [0.1, 0.15) is 6.07 Å². The fraction of sp³-hybridized carbons (Fsp3) is 0.364. The maximum atomic E-state index is 8.94. The Morgan fingerprint density at radius 3 is 3.08 bits per heavy atom. The molecule has 2 rings (SSSR count). The van der Waals surface area contributed by atoms with Gasteiger partial charge in [-0.1, -0.05) is 12.1 Å². The Morgan fingerprint density at radius 2 is 2.38 bits per heavy atom. The van der Waals surface area contributed by atoms with Crippen LogP contribution in [0.5, 0.6) is 0 Å². The third-order valence-corrected chi connectivity index (χ3v) is 2.59. The van der Waals surface area contributed by atoms with Gasteiger partial charge in [0.2, 0.25) is 0 Å². The second-order valence-corrected chi connectivity index (χ2v) is 3.25. The van der Waals surface area contributed by atoms with Crippen LogP contribution in [-0.2, 0) is 6.42 Å². The first kappa shape index (κ1) is 8.12. The number of rotatable bonds is 1. The number of hydrogen-bond acceptors (Lipinski definition) is 2. The lowest BCUT2D eigenvalue weighted by Gasteiger charge is -2.17. The first-order valence-electron chi connectivity index (χ1n) is 4.63. The zero-order valence-electron chi connectivity index (χ0n) is 7.75. The molecule has 2 heteroatoms. The third kappa shape index (κ3) is 1.17. The van der Waals surface area contributed by atoms with Gasteiger partial charge in [0.05, 0.1) is 11.3 Å². The molecule has 0 spiro atoms. The maximum Gasteiger partial charge on any atom is 0.101 e.